The first-order valence-corrected chi connectivity index (χ1v) is 7.97. The molecule has 0 spiro atoms. The first kappa shape index (κ1) is 13.6. The molecule has 0 aliphatic heterocycles. The van der Waals surface area contributed by atoms with Crippen LogP contribution in [0.5, 0.6) is 0 Å². The summed E-state index contributed by atoms with van der Waals surface area (Å²) in [7, 11) is 0. The minimum atomic E-state index is -0.856. The van der Waals surface area contributed by atoms with E-state index in [0.29, 0.717) is 0 Å². The van der Waals surface area contributed by atoms with E-state index in [2.05, 4.69) is 11.4 Å². The van der Waals surface area contributed by atoms with Crippen LogP contribution in [0.15, 0.2) is 30.4 Å². The summed E-state index contributed by atoms with van der Waals surface area (Å²) in [4.78, 5) is 24.1. The maximum Gasteiger partial charge on any atom is 0.307 e. The summed E-state index contributed by atoms with van der Waals surface area (Å²) in [5.74, 6) is -1.95. The minimum absolute atomic E-state index is 0.0123. The molecule has 1 aromatic carbocycles. The Morgan fingerprint density at radius 1 is 1.05 bits per heavy atom. The van der Waals surface area contributed by atoms with E-state index in [0.717, 1.165) is 24.9 Å². The number of anilines is 1. The molecule has 1 fully saturated rings. The quantitative estimate of drug-likeness (QED) is 0.843. The monoisotopic (exact) mass is 297 g/mol. The molecule has 4 rings (SSSR count). The standard InChI is InChI=1S/C18H19NO3/c20-17(15-12-4-5-13(8-12)16(15)18(21)22)19-14-7-6-10-2-1-3-11(10)9-14/h4-7,9,12-13,15-16H,1-3,8H2,(H,19,20)(H,21,22). The molecule has 0 heterocycles. The fourth-order valence-electron chi connectivity index (χ4n) is 4.39. The number of fused-ring (bicyclic) bond motifs is 3. The Bertz CT molecular complexity index is 679. The third-order valence-electron chi connectivity index (χ3n) is 5.41. The minimum Gasteiger partial charge on any atom is -0.481 e. The average Bonchev–Trinajstić information content (AvgIpc) is 3.20. The zero-order valence-corrected chi connectivity index (χ0v) is 12.3. The molecular formula is C18H19NO3. The Kier molecular flexibility index (Phi) is 3.06. The van der Waals surface area contributed by atoms with Gasteiger partial charge in [0.1, 0.15) is 0 Å². The lowest BCUT2D eigenvalue weighted by Gasteiger charge is -2.24. The fourth-order valence-corrected chi connectivity index (χ4v) is 4.39. The molecule has 2 N–H and O–H groups in total. The maximum atomic E-state index is 12.6. The van der Waals surface area contributed by atoms with Crippen molar-refractivity contribution in [1.82, 2.24) is 0 Å². The van der Waals surface area contributed by atoms with Crippen LogP contribution in [0.3, 0.4) is 0 Å². The van der Waals surface area contributed by atoms with Crippen molar-refractivity contribution in [2.24, 2.45) is 23.7 Å². The predicted octanol–water partition coefficient (Wildman–Crippen LogP) is 2.64. The van der Waals surface area contributed by atoms with Gasteiger partial charge in [-0.2, -0.15) is 0 Å². The average molecular weight is 297 g/mol. The molecule has 1 saturated carbocycles. The van der Waals surface area contributed by atoms with Crippen molar-refractivity contribution in [1.29, 1.82) is 0 Å². The van der Waals surface area contributed by atoms with E-state index in [1.54, 1.807) is 0 Å². The Labute approximate surface area is 129 Å². The van der Waals surface area contributed by atoms with Crippen LogP contribution >= 0.6 is 0 Å². The van der Waals surface area contributed by atoms with Crippen LogP contribution in [0.1, 0.15) is 24.0 Å². The van der Waals surface area contributed by atoms with Gasteiger partial charge in [0.25, 0.3) is 0 Å². The summed E-state index contributed by atoms with van der Waals surface area (Å²) < 4.78 is 0. The highest BCUT2D eigenvalue weighted by Gasteiger charge is 2.51. The number of benzene rings is 1. The van der Waals surface area contributed by atoms with Crippen LogP contribution in [0.2, 0.25) is 0 Å². The van der Waals surface area contributed by atoms with Crippen molar-refractivity contribution >= 4 is 17.6 Å². The summed E-state index contributed by atoms with van der Waals surface area (Å²) in [6.45, 7) is 0. The number of hydrogen-bond acceptors (Lipinski definition) is 2. The number of carbonyl (C=O) groups is 2. The number of nitrogens with one attached hydrogen (secondary N) is 1. The van der Waals surface area contributed by atoms with Gasteiger partial charge < -0.3 is 10.4 Å². The lowest BCUT2D eigenvalue weighted by atomic mass is 9.82. The van der Waals surface area contributed by atoms with E-state index < -0.39 is 17.8 Å². The molecule has 1 amide bonds. The lowest BCUT2D eigenvalue weighted by molar-refractivity contribution is -0.146. The second-order valence-corrected chi connectivity index (χ2v) is 6.66. The molecular weight excluding hydrogens is 278 g/mol. The summed E-state index contributed by atoms with van der Waals surface area (Å²) in [5.41, 5.74) is 3.46. The zero-order valence-electron chi connectivity index (χ0n) is 12.3. The Morgan fingerprint density at radius 3 is 2.55 bits per heavy atom. The van der Waals surface area contributed by atoms with Crippen molar-refractivity contribution in [2.45, 2.75) is 25.7 Å². The van der Waals surface area contributed by atoms with Crippen molar-refractivity contribution in [2.75, 3.05) is 5.32 Å². The molecule has 4 unspecified atom stereocenters. The van der Waals surface area contributed by atoms with Crippen LogP contribution < -0.4 is 5.32 Å². The van der Waals surface area contributed by atoms with Crippen LogP contribution in [0.4, 0.5) is 5.69 Å². The first-order chi connectivity index (χ1) is 10.6. The number of allylic oxidation sites excluding steroid dienone is 2. The second-order valence-electron chi connectivity index (χ2n) is 6.66. The highest BCUT2D eigenvalue weighted by molar-refractivity contribution is 5.96. The topological polar surface area (TPSA) is 66.4 Å². The van der Waals surface area contributed by atoms with Crippen LogP contribution in [0.25, 0.3) is 0 Å². The lowest BCUT2D eigenvalue weighted by Crippen LogP contribution is -2.36. The Hall–Kier alpha value is -2.10. The number of aliphatic carboxylic acids is 1. The van der Waals surface area contributed by atoms with E-state index in [-0.39, 0.29) is 17.7 Å². The number of hydrogen-bond donors (Lipinski definition) is 2. The van der Waals surface area contributed by atoms with Gasteiger partial charge in [0.15, 0.2) is 0 Å². The van der Waals surface area contributed by atoms with Gasteiger partial charge in [-0.05, 0) is 60.8 Å². The molecule has 3 aliphatic rings. The van der Waals surface area contributed by atoms with Gasteiger partial charge in [-0.15, -0.1) is 0 Å². The van der Waals surface area contributed by atoms with Crippen molar-refractivity contribution in [3.8, 4) is 0 Å². The normalized spacial score (nSPS) is 31.3. The molecule has 0 radical (unpaired) electrons. The molecule has 1 aromatic rings. The number of carboxylic acid groups (broad SMARTS) is 1. The van der Waals surface area contributed by atoms with Gasteiger partial charge in [-0.1, -0.05) is 18.2 Å². The SMILES string of the molecule is O=C(O)C1C2C=CC(C2)C1C(=O)Nc1ccc2c(c1)CCC2. The van der Waals surface area contributed by atoms with E-state index >= 15 is 0 Å². The maximum absolute atomic E-state index is 12.6. The van der Waals surface area contributed by atoms with Gasteiger partial charge >= 0.3 is 5.97 Å². The smallest absolute Gasteiger partial charge is 0.307 e. The van der Waals surface area contributed by atoms with Crippen LogP contribution in [-0.4, -0.2) is 17.0 Å². The van der Waals surface area contributed by atoms with Gasteiger partial charge in [0.2, 0.25) is 5.91 Å². The molecule has 0 aromatic heterocycles. The van der Waals surface area contributed by atoms with Gasteiger partial charge in [-0.3, -0.25) is 9.59 Å². The molecule has 2 bridgehead atoms. The molecule has 3 aliphatic carbocycles. The van der Waals surface area contributed by atoms with E-state index in [1.807, 2.05) is 24.3 Å². The van der Waals surface area contributed by atoms with Gasteiger partial charge in [-0.25, -0.2) is 0 Å². The number of rotatable bonds is 3. The van der Waals surface area contributed by atoms with Gasteiger partial charge in [0, 0.05) is 5.69 Å². The molecule has 114 valence electrons. The molecule has 0 saturated heterocycles. The third-order valence-corrected chi connectivity index (χ3v) is 5.41. The number of aryl methyl sites for hydroxylation is 2. The summed E-state index contributed by atoms with van der Waals surface area (Å²) in [6.07, 6.45) is 8.11. The molecule has 4 nitrogen and oxygen atoms in total. The molecule has 4 atom stereocenters. The fraction of sp³-hybridized carbons (Fsp3) is 0.444. The predicted molar refractivity (Wildman–Crippen MR) is 82.4 cm³/mol. The highest BCUT2D eigenvalue weighted by atomic mass is 16.4. The third kappa shape index (κ3) is 2.05. The van der Waals surface area contributed by atoms with Crippen molar-refractivity contribution in [3.63, 3.8) is 0 Å². The summed E-state index contributed by atoms with van der Waals surface area (Å²) >= 11 is 0. The number of carbonyl (C=O) groups excluding carboxylic acids is 1. The van der Waals surface area contributed by atoms with Gasteiger partial charge in [0.05, 0.1) is 11.8 Å². The molecule has 22 heavy (non-hydrogen) atoms. The van der Waals surface area contributed by atoms with Crippen LogP contribution in [-0.2, 0) is 22.4 Å². The summed E-state index contributed by atoms with van der Waals surface area (Å²) in [5, 5.41) is 12.4. The number of amides is 1. The largest absolute Gasteiger partial charge is 0.481 e. The number of carboxylic acids is 1. The van der Waals surface area contributed by atoms with E-state index in [4.69, 9.17) is 0 Å². The zero-order chi connectivity index (χ0) is 15.3. The highest BCUT2D eigenvalue weighted by Crippen LogP contribution is 2.48. The van der Waals surface area contributed by atoms with E-state index in [1.165, 1.54) is 17.5 Å². The second kappa shape index (κ2) is 4.97. The van der Waals surface area contributed by atoms with Crippen molar-refractivity contribution < 1.29 is 14.7 Å². The van der Waals surface area contributed by atoms with Crippen molar-refractivity contribution in [3.05, 3.63) is 41.5 Å². The molecule has 4 heteroatoms. The Balaban J connectivity index is 1.55. The summed E-state index contributed by atoms with van der Waals surface area (Å²) in [6, 6.07) is 6.05. The Morgan fingerprint density at radius 2 is 1.77 bits per heavy atom. The van der Waals surface area contributed by atoms with E-state index in [9.17, 15) is 14.7 Å². The van der Waals surface area contributed by atoms with Crippen LogP contribution in [0, 0.1) is 23.7 Å². The first-order valence-electron chi connectivity index (χ1n) is 7.97.